The van der Waals surface area contributed by atoms with E-state index in [1.807, 2.05) is 0 Å². The lowest BCUT2D eigenvalue weighted by Gasteiger charge is -2.30. The largest absolute Gasteiger partial charge is 0.436 e. The van der Waals surface area contributed by atoms with Crippen molar-refractivity contribution in [1.82, 2.24) is 4.98 Å². The number of hydrogen-bond acceptors (Lipinski definition) is 2. The molecule has 0 amide bonds. The average Bonchev–Trinajstić information content (AvgIpc) is 3.69. The maximum atomic E-state index is 6.95. The lowest BCUT2D eigenvalue weighted by molar-refractivity contribution is 0.578. The number of aromatic nitrogens is 1. The third-order valence-electron chi connectivity index (χ3n) is 10.6. The zero-order chi connectivity index (χ0) is 31.2. The molecule has 0 saturated carbocycles. The minimum atomic E-state index is -0.262. The second kappa shape index (κ2) is 9.68. The van der Waals surface area contributed by atoms with Gasteiger partial charge in [-0.05, 0) is 45.0 Å². The highest BCUT2D eigenvalue weighted by Crippen LogP contribution is 2.60. The van der Waals surface area contributed by atoms with Gasteiger partial charge in [-0.15, -0.1) is 0 Å². The topological polar surface area (TPSA) is 26.0 Å². The molecule has 0 spiro atoms. The molecule has 220 valence electrons. The molecule has 0 unspecified atom stereocenters. The molecule has 2 aliphatic rings. The Balaban J connectivity index is 1.23. The van der Waals surface area contributed by atoms with Crippen LogP contribution < -0.4 is 16.4 Å². The SMILES string of the molecule is CC1(C)c2ccccc2-c2ccc3c(c21)C(C)(C)c1c-3ccc2nc(-c3ccccc3B(c3ccccc3)c3ccccc3)oc12. The van der Waals surface area contributed by atoms with Gasteiger partial charge in [0.05, 0.1) is 0 Å². The van der Waals surface area contributed by atoms with Crippen molar-refractivity contribution < 1.29 is 4.42 Å². The van der Waals surface area contributed by atoms with Crippen molar-refractivity contribution in [2.75, 3.05) is 0 Å². The van der Waals surface area contributed by atoms with Crippen LogP contribution >= 0.6 is 0 Å². The van der Waals surface area contributed by atoms with Crippen LogP contribution in [-0.4, -0.2) is 11.7 Å². The van der Waals surface area contributed by atoms with Crippen molar-refractivity contribution in [3.05, 3.63) is 156 Å². The summed E-state index contributed by atoms with van der Waals surface area (Å²) in [6.45, 7) is 9.55. The van der Waals surface area contributed by atoms with Gasteiger partial charge in [0, 0.05) is 22.0 Å². The summed E-state index contributed by atoms with van der Waals surface area (Å²) in [5, 5.41) is 0. The first-order chi connectivity index (χ1) is 22.4. The van der Waals surface area contributed by atoms with Gasteiger partial charge in [0.2, 0.25) is 12.6 Å². The molecule has 7 aromatic rings. The molecule has 9 rings (SSSR count). The summed E-state index contributed by atoms with van der Waals surface area (Å²) < 4.78 is 6.95. The van der Waals surface area contributed by atoms with Crippen LogP contribution in [0.2, 0.25) is 0 Å². The second-order valence-electron chi connectivity index (χ2n) is 13.9. The molecule has 0 saturated heterocycles. The molecular weight excluding hydrogens is 557 g/mol. The predicted molar refractivity (Wildman–Crippen MR) is 192 cm³/mol. The molecule has 1 heterocycles. The Hall–Kier alpha value is -5.15. The Morgan fingerprint density at radius 3 is 1.70 bits per heavy atom. The standard InChI is InChI=1S/C43H34BNO/c1-42(2)34-21-13-11-19-29(34)30-23-24-31-32-25-26-36-40(39(32)43(3,4)38(31)37(30)42)46-41(45-36)33-20-12-14-22-35(33)44(27-15-7-5-8-16-27)28-17-9-6-10-18-28/h5-26H,1-4H3. The van der Waals surface area contributed by atoms with Gasteiger partial charge in [0.1, 0.15) is 5.52 Å². The van der Waals surface area contributed by atoms with Crippen LogP contribution in [0, 0.1) is 0 Å². The molecule has 46 heavy (non-hydrogen) atoms. The van der Waals surface area contributed by atoms with E-state index in [4.69, 9.17) is 9.40 Å². The Morgan fingerprint density at radius 1 is 0.478 bits per heavy atom. The van der Waals surface area contributed by atoms with Crippen molar-refractivity contribution in [3.8, 4) is 33.7 Å². The fourth-order valence-electron chi connectivity index (χ4n) is 8.61. The van der Waals surface area contributed by atoms with Gasteiger partial charge in [-0.2, -0.15) is 0 Å². The molecule has 3 heteroatoms. The molecule has 0 bridgehead atoms. The summed E-state index contributed by atoms with van der Waals surface area (Å²) in [6.07, 6.45) is 0. The van der Waals surface area contributed by atoms with Crippen LogP contribution in [0.15, 0.2) is 138 Å². The number of hydrogen-bond donors (Lipinski definition) is 0. The van der Waals surface area contributed by atoms with Gasteiger partial charge in [-0.25, -0.2) is 4.98 Å². The van der Waals surface area contributed by atoms with E-state index in [0.717, 1.165) is 16.7 Å². The predicted octanol–water partition coefficient (Wildman–Crippen LogP) is 8.62. The summed E-state index contributed by atoms with van der Waals surface area (Å²) in [7, 11) is 0. The molecule has 0 radical (unpaired) electrons. The van der Waals surface area contributed by atoms with Gasteiger partial charge < -0.3 is 4.42 Å². The van der Waals surface area contributed by atoms with Crippen LogP contribution in [0.5, 0.6) is 0 Å². The number of nitrogens with zero attached hydrogens (tertiary/aromatic N) is 1. The minimum Gasteiger partial charge on any atom is -0.436 e. The number of fused-ring (bicyclic) bond motifs is 9. The molecule has 0 fully saturated rings. The van der Waals surface area contributed by atoms with Crippen molar-refractivity contribution >= 4 is 34.2 Å². The van der Waals surface area contributed by atoms with Crippen molar-refractivity contribution in [3.63, 3.8) is 0 Å². The van der Waals surface area contributed by atoms with Crippen LogP contribution in [0.1, 0.15) is 49.9 Å². The number of rotatable bonds is 4. The maximum Gasteiger partial charge on any atom is 0.242 e. The lowest BCUT2D eigenvalue weighted by Crippen LogP contribution is -2.52. The number of oxazole rings is 1. The summed E-state index contributed by atoms with van der Waals surface area (Å²) in [6, 6.07) is 48.1. The van der Waals surface area contributed by atoms with E-state index >= 15 is 0 Å². The third-order valence-corrected chi connectivity index (χ3v) is 10.6. The van der Waals surface area contributed by atoms with Gasteiger partial charge in [0.25, 0.3) is 0 Å². The molecule has 1 aromatic heterocycles. The highest BCUT2D eigenvalue weighted by molar-refractivity contribution is 6.96. The first-order valence-corrected chi connectivity index (χ1v) is 16.3. The molecule has 0 N–H and O–H groups in total. The maximum absolute atomic E-state index is 6.95. The first-order valence-electron chi connectivity index (χ1n) is 16.3. The zero-order valence-corrected chi connectivity index (χ0v) is 26.6. The van der Waals surface area contributed by atoms with Crippen LogP contribution in [0.3, 0.4) is 0 Å². The first kappa shape index (κ1) is 27.2. The fourth-order valence-corrected chi connectivity index (χ4v) is 8.61. The van der Waals surface area contributed by atoms with E-state index in [-0.39, 0.29) is 17.5 Å². The molecule has 0 aliphatic heterocycles. The van der Waals surface area contributed by atoms with Crippen molar-refractivity contribution in [1.29, 1.82) is 0 Å². The van der Waals surface area contributed by atoms with E-state index in [1.54, 1.807) is 0 Å². The van der Waals surface area contributed by atoms with Gasteiger partial charge in [0.15, 0.2) is 5.58 Å². The summed E-state index contributed by atoms with van der Waals surface area (Å²) in [5.41, 5.74) is 16.9. The molecular formula is C43H34BNO. The molecule has 2 nitrogen and oxygen atoms in total. The van der Waals surface area contributed by atoms with Gasteiger partial charge >= 0.3 is 0 Å². The van der Waals surface area contributed by atoms with E-state index in [2.05, 4.69) is 161 Å². The third kappa shape index (κ3) is 3.69. The highest BCUT2D eigenvalue weighted by Gasteiger charge is 2.47. The second-order valence-corrected chi connectivity index (χ2v) is 13.9. The van der Waals surface area contributed by atoms with Crippen molar-refractivity contribution in [2.45, 2.75) is 38.5 Å². The average molecular weight is 592 g/mol. The van der Waals surface area contributed by atoms with Crippen molar-refractivity contribution in [2.24, 2.45) is 0 Å². The molecule has 6 aromatic carbocycles. The zero-order valence-electron chi connectivity index (χ0n) is 26.6. The van der Waals surface area contributed by atoms with Gasteiger partial charge in [-0.1, -0.05) is 171 Å². The Bertz CT molecular complexity index is 2270. The van der Waals surface area contributed by atoms with Crippen LogP contribution in [0.4, 0.5) is 0 Å². The van der Waals surface area contributed by atoms with Crippen LogP contribution in [0.25, 0.3) is 44.8 Å². The smallest absolute Gasteiger partial charge is 0.242 e. The van der Waals surface area contributed by atoms with E-state index < -0.39 is 0 Å². The summed E-state index contributed by atoms with van der Waals surface area (Å²) >= 11 is 0. The fraction of sp³-hybridized carbons (Fsp3) is 0.140. The quantitative estimate of drug-likeness (QED) is 0.192. The molecule has 0 atom stereocenters. The van der Waals surface area contributed by atoms with E-state index in [9.17, 15) is 0 Å². The lowest BCUT2D eigenvalue weighted by atomic mass is 9.36. The van der Waals surface area contributed by atoms with E-state index in [1.165, 1.54) is 60.9 Å². The van der Waals surface area contributed by atoms with Crippen LogP contribution in [-0.2, 0) is 10.8 Å². The minimum absolute atomic E-state index is 0.0477. The van der Waals surface area contributed by atoms with E-state index in [0.29, 0.717) is 5.89 Å². The summed E-state index contributed by atoms with van der Waals surface area (Å²) in [5.74, 6) is 0.667. The Kier molecular flexibility index (Phi) is 5.72. The Morgan fingerprint density at radius 2 is 1.00 bits per heavy atom. The highest BCUT2D eigenvalue weighted by atomic mass is 16.3. The normalized spacial score (nSPS) is 14.9. The number of benzene rings is 6. The summed E-state index contributed by atoms with van der Waals surface area (Å²) in [4.78, 5) is 5.19. The Labute approximate surface area is 270 Å². The molecule has 2 aliphatic carbocycles. The van der Waals surface area contributed by atoms with Gasteiger partial charge in [-0.3, -0.25) is 0 Å². The monoisotopic (exact) mass is 591 g/mol.